The van der Waals surface area contributed by atoms with Crippen LogP contribution in [0, 0.1) is 0 Å². The lowest BCUT2D eigenvalue weighted by atomic mass is 9.86. The zero-order valence-electron chi connectivity index (χ0n) is 12.2. The van der Waals surface area contributed by atoms with Crippen LogP contribution >= 0.6 is 0 Å². The molecule has 3 aromatic rings. The molecule has 0 fully saturated rings. The Morgan fingerprint density at radius 1 is 0.826 bits per heavy atom. The summed E-state index contributed by atoms with van der Waals surface area (Å²) in [5.74, 6) is 0.244. The number of phenols is 1. The van der Waals surface area contributed by atoms with Crippen molar-refractivity contribution in [3.8, 4) is 28.0 Å². The summed E-state index contributed by atoms with van der Waals surface area (Å²) in [6.45, 7) is 0. The van der Waals surface area contributed by atoms with Gasteiger partial charge in [-0.05, 0) is 62.4 Å². The number of aliphatic hydroxyl groups is 2. The van der Waals surface area contributed by atoms with Gasteiger partial charge >= 0.3 is 0 Å². The highest BCUT2D eigenvalue weighted by molar-refractivity contribution is 6.17. The van der Waals surface area contributed by atoms with E-state index in [2.05, 4.69) is 6.07 Å². The molecule has 0 spiro atoms. The Morgan fingerprint density at radius 2 is 1.70 bits per heavy atom. The standard InChI is InChI=1S/C20H14O3/c21-10-4-5-12-15(8-10)14-3-1-2-13-11-6-7-18(22)20(23)17(11)9-16(12)19(13)14/h1-9,18,20-23H/t18-,20-/m0/s1. The highest BCUT2D eigenvalue weighted by atomic mass is 16.3. The number of hydrogen-bond acceptors (Lipinski definition) is 3. The summed E-state index contributed by atoms with van der Waals surface area (Å²) in [5.41, 5.74) is 5.91. The lowest BCUT2D eigenvalue weighted by Gasteiger charge is -2.24. The monoisotopic (exact) mass is 302 g/mol. The van der Waals surface area contributed by atoms with Crippen LogP contribution < -0.4 is 0 Å². The second-order valence-electron chi connectivity index (χ2n) is 6.18. The largest absolute Gasteiger partial charge is 0.508 e. The van der Waals surface area contributed by atoms with Gasteiger partial charge in [0.1, 0.15) is 18.0 Å². The summed E-state index contributed by atoms with van der Waals surface area (Å²) in [5, 5.41) is 32.3. The van der Waals surface area contributed by atoms with Crippen molar-refractivity contribution in [3.05, 3.63) is 59.7 Å². The lowest BCUT2D eigenvalue weighted by Crippen LogP contribution is -2.19. The molecule has 0 aliphatic heterocycles. The van der Waals surface area contributed by atoms with Gasteiger partial charge in [0.25, 0.3) is 0 Å². The van der Waals surface area contributed by atoms with Gasteiger partial charge < -0.3 is 15.3 Å². The predicted octanol–water partition coefficient (Wildman–Crippen LogP) is 3.61. The van der Waals surface area contributed by atoms with E-state index >= 15 is 0 Å². The number of fused-ring (bicyclic) bond motifs is 5. The van der Waals surface area contributed by atoms with E-state index in [1.807, 2.05) is 30.3 Å². The van der Waals surface area contributed by atoms with Gasteiger partial charge in [-0.3, -0.25) is 0 Å². The molecular weight excluding hydrogens is 288 g/mol. The first kappa shape index (κ1) is 12.9. The average Bonchev–Trinajstić information content (AvgIpc) is 2.87. The van der Waals surface area contributed by atoms with Crippen LogP contribution in [0.2, 0.25) is 0 Å². The Labute approximate surface area is 132 Å². The molecule has 23 heavy (non-hydrogen) atoms. The Morgan fingerprint density at radius 3 is 2.57 bits per heavy atom. The number of phenolic OH excluding ortho intramolecular Hbond substituents is 1. The topological polar surface area (TPSA) is 60.7 Å². The number of hydrogen-bond donors (Lipinski definition) is 3. The van der Waals surface area contributed by atoms with Crippen LogP contribution in [0.15, 0.2) is 48.5 Å². The van der Waals surface area contributed by atoms with E-state index in [-0.39, 0.29) is 5.75 Å². The molecule has 0 saturated carbocycles. The van der Waals surface area contributed by atoms with Crippen molar-refractivity contribution < 1.29 is 15.3 Å². The quantitative estimate of drug-likeness (QED) is 0.465. The van der Waals surface area contributed by atoms with Gasteiger partial charge in [0.2, 0.25) is 0 Å². The van der Waals surface area contributed by atoms with E-state index in [1.165, 1.54) is 0 Å². The van der Waals surface area contributed by atoms with Crippen LogP contribution in [0.4, 0.5) is 0 Å². The van der Waals surface area contributed by atoms with Gasteiger partial charge in [-0.1, -0.05) is 36.4 Å². The normalized spacial score (nSPS) is 20.6. The van der Waals surface area contributed by atoms with E-state index < -0.39 is 12.2 Å². The smallest absolute Gasteiger partial charge is 0.116 e. The number of rotatable bonds is 0. The minimum Gasteiger partial charge on any atom is -0.508 e. The van der Waals surface area contributed by atoms with Gasteiger partial charge in [0.05, 0.1) is 0 Å². The summed E-state index contributed by atoms with van der Waals surface area (Å²) in [4.78, 5) is 0. The molecule has 0 saturated heterocycles. The fourth-order valence-electron chi connectivity index (χ4n) is 3.87. The molecule has 5 rings (SSSR count). The molecule has 0 radical (unpaired) electrons. The number of benzene rings is 3. The van der Waals surface area contributed by atoms with Crippen molar-refractivity contribution >= 4 is 16.8 Å². The maximum atomic E-state index is 10.4. The van der Waals surface area contributed by atoms with Crippen molar-refractivity contribution in [3.63, 3.8) is 0 Å². The molecule has 0 heterocycles. The first-order valence-electron chi connectivity index (χ1n) is 7.63. The number of aliphatic hydroxyl groups excluding tert-OH is 2. The van der Waals surface area contributed by atoms with Gasteiger partial charge in [0, 0.05) is 0 Å². The molecule has 3 nitrogen and oxygen atoms in total. The Hall–Kier alpha value is -2.62. The summed E-state index contributed by atoms with van der Waals surface area (Å²) in [6.07, 6.45) is 1.72. The molecule has 3 heteroatoms. The molecule has 2 atom stereocenters. The van der Waals surface area contributed by atoms with E-state index in [4.69, 9.17) is 0 Å². The highest BCUT2D eigenvalue weighted by Crippen LogP contribution is 2.51. The van der Waals surface area contributed by atoms with Crippen molar-refractivity contribution in [2.45, 2.75) is 12.2 Å². The van der Waals surface area contributed by atoms with E-state index in [0.717, 1.165) is 44.2 Å². The van der Waals surface area contributed by atoms with Crippen LogP contribution in [0.25, 0.3) is 39.1 Å². The molecule has 0 aromatic heterocycles. The first-order chi connectivity index (χ1) is 11.1. The van der Waals surface area contributed by atoms with Crippen LogP contribution in [-0.4, -0.2) is 21.4 Å². The van der Waals surface area contributed by atoms with Crippen molar-refractivity contribution in [1.82, 2.24) is 0 Å². The molecular formula is C20H14O3. The molecule has 112 valence electrons. The van der Waals surface area contributed by atoms with Crippen molar-refractivity contribution in [1.29, 1.82) is 0 Å². The molecule has 0 bridgehead atoms. The third-order valence-electron chi connectivity index (χ3n) is 4.92. The van der Waals surface area contributed by atoms with Gasteiger partial charge in [0.15, 0.2) is 0 Å². The fraction of sp³-hybridized carbons (Fsp3) is 0.100. The molecule has 2 aliphatic rings. The van der Waals surface area contributed by atoms with Gasteiger partial charge in [-0.2, -0.15) is 0 Å². The zero-order chi connectivity index (χ0) is 15.7. The van der Waals surface area contributed by atoms with Crippen LogP contribution in [0.5, 0.6) is 5.75 Å². The SMILES string of the molecule is Oc1ccc2c(c1)-c1cccc3c4c(cc-2c13)[C@H](O)[C@@H](O)C=C4. The Balaban J connectivity index is 1.96. The van der Waals surface area contributed by atoms with Crippen molar-refractivity contribution in [2.75, 3.05) is 0 Å². The minimum atomic E-state index is -0.916. The summed E-state index contributed by atoms with van der Waals surface area (Å²) >= 11 is 0. The first-order valence-corrected chi connectivity index (χ1v) is 7.63. The maximum Gasteiger partial charge on any atom is 0.116 e. The minimum absolute atomic E-state index is 0.244. The Bertz CT molecular complexity index is 1020. The molecule has 0 unspecified atom stereocenters. The molecule has 0 amide bonds. The molecule has 3 aromatic carbocycles. The van der Waals surface area contributed by atoms with Crippen LogP contribution in [0.1, 0.15) is 17.2 Å². The summed E-state index contributed by atoms with van der Waals surface area (Å²) in [7, 11) is 0. The van der Waals surface area contributed by atoms with Crippen molar-refractivity contribution in [2.24, 2.45) is 0 Å². The third kappa shape index (κ3) is 1.55. The fourth-order valence-corrected chi connectivity index (χ4v) is 3.87. The molecule has 3 N–H and O–H groups in total. The predicted molar refractivity (Wildman–Crippen MR) is 90.0 cm³/mol. The maximum absolute atomic E-state index is 10.4. The van der Waals surface area contributed by atoms with E-state index in [9.17, 15) is 15.3 Å². The van der Waals surface area contributed by atoms with E-state index in [0.29, 0.717) is 0 Å². The zero-order valence-corrected chi connectivity index (χ0v) is 12.2. The average molecular weight is 302 g/mol. The summed E-state index contributed by atoms with van der Waals surface area (Å²) < 4.78 is 0. The second kappa shape index (κ2) is 4.22. The number of aromatic hydroxyl groups is 1. The third-order valence-corrected chi connectivity index (χ3v) is 4.92. The lowest BCUT2D eigenvalue weighted by molar-refractivity contribution is 0.0471. The second-order valence-corrected chi connectivity index (χ2v) is 6.18. The van der Waals surface area contributed by atoms with Gasteiger partial charge in [-0.25, -0.2) is 0 Å². The van der Waals surface area contributed by atoms with Crippen LogP contribution in [0.3, 0.4) is 0 Å². The summed E-state index contributed by atoms with van der Waals surface area (Å²) in [6, 6.07) is 13.4. The van der Waals surface area contributed by atoms with Crippen LogP contribution in [-0.2, 0) is 0 Å². The highest BCUT2D eigenvalue weighted by Gasteiger charge is 2.29. The van der Waals surface area contributed by atoms with E-state index in [1.54, 1.807) is 18.2 Å². The van der Waals surface area contributed by atoms with Gasteiger partial charge in [-0.15, -0.1) is 0 Å². The molecule has 2 aliphatic carbocycles. The Kier molecular flexibility index (Phi) is 2.36.